The molecule has 1 fully saturated rings. The smallest absolute Gasteiger partial charge is 0.303 e. The number of amides is 1. The van der Waals surface area contributed by atoms with Gasteiger partial charge in [0.15, 0.2) is 0 Å². The summed E-state index contributed by atoms with van der Waals surface area (Å²) in [6.45, 7) is 5.38. The molecule has 4 rings (SSSR count). The SMILES string of the molecule is Cc1cscc1-c1cc(OCc2cccc(OCCCC(=O)O)c2CCC(=O)O)cc(C(=O)N2CCN(C)CC2)c1. The summed E-state index contributed by atoms with van der Waals surface area (Å²) in [5.74, 6) is -0.791. The number of benzene rings is 2. The molecule has 0 saturated carbocycles. The predicted molar refractivity (Wildman–Crippen MR) is 157 cm³/mol. The van der Waals surface area contributed by atoms with E-state index in [1.807, 2.05) is 36.1 Å². The minimum atomic E-state index is -0.927. The van der Waals surface area contributed by atoms with Crippen LogP contribution in [0.4, 0.5) is 0 Å². The largest absolute Gasteiger partial charge is 0.493 e. The third-order valence-corrected chi connectivity index (χ3v) is 7.98. The van der Waals surface area contributed by atoms with E-state index in [9.17, 15) is 19.5 Å². The number of aliphatic carboxylic acids is 2. The first-order valence-electron chi connectivity index (χ1n) is 13.7. The first kappa shape index (κ1) is 30.1. The molecule has 0 aliphatic carbocycles. The van der Waals surface area contributed by atoms with E-state index in [0.717, 1.165) is 35.3 Å². The summed E-state index contributed by atoms with van der Waals surface area (Å²) in [5, 5.41) is 22.4. The molecule has 1 aliphatic heterocycles. The number of piperazine rings is 1. The van der Waals surface area contributed by atoms with E-state index < -0.39 is 11.9 Å². The van der Waals surface area contributed by atoms with Crippen LogP contribution in [-0.2, 0) is 22.6 Å². The van der Waals surface area contributed by atoms with Gasteiger partial charge in [0.1, 0.15) is 18.1 Å². The van der Waals surface area contributed by atoms with Gasteiger partial charge in [0.2, 0.25) is 0 Å². The van der Waals surface area contributed by atoms with Crippen molar-refractivity contribution in [3.63, 3.8) is 0 Å². The highest BCUT2D eigenvalue weighted by Crippen LogP contribution is 2.32. The van der Waals surface area contributed by atoms with Crippen LogP contribution in [-0.4, -0.2) is 77.7 Å². The molecule has 2 N–H and O–H groups in total. The lowest BCUT2D eigenvalue weighted by molar-refractivity contribution is -0.138. The molecule has 2 aromatic carbocycles. The number of hydrogen-bond donors (Lipinski definition) is 2. The minimum absolute atomic E-state index is 0.0115. The molecule has 9 nitrogen and oxygen atoms in total. The van der Waals surface area contributed by atoms with Gasteiger partial charge in [-0.25, -0.2) is 0 Å². The number of hydrogen-bond acceptors (Lipinski definition) is 7. The van der Waals surface area contributed by atoms with Crippen LogP contribution in [0.5, 0.6) is 11.5 Å². The van der Waals surface area contributed by atoms with Crippen molar-refractivity contribution in [1.29, 1.82) is 0 Å². The Morgan fingerprint density at radius 1 is 0.951 bits per heavy atom. The van der Waals surface area contributed by atoms with Crippen LogP contribution >= 0.6 is 11.3 Å². The lowest BCUT2D eigenvalue weighted by atomic mass is 10.0. The lowest BCUT2D eigenvalue weighted by Crippen LogP contribution is -2.47. The van der Waals surface area contributed by atoms with Gasteiger partial charge in [-0.05, 0) is 84.1 Å². The van der Waals surface area contributed by atoms with Crippen LogP contribution in [0.25, 0.3) is 11.1 Å². The molecule has 218 valence electrons. The Bertz CT molecular complexity index is 1380. The molecule has 3 aromatic rings. The number of nitrogens with zero attached hydrogens (tertiary/aromatic N) is 2. The third-order valence-electron chi connectivity index (χ3n) is 7.12. The molecule has 0 unspecified atom stereocenters. The van der Waals surface area contributed by atoms with E-state index >= 15 is 0 Å². The second-order valence-corrected chi connectivity index (χ2v) is 11.0. The molecular formula is C31H36N2O7S. The number of ether oxygens (including phenoxy) is 2. The number of carbonyl (C=O) groups excluding carboxylic acids is 1. The molecule has 0 atom stereocenters. The van der Waals surface area contributed by atoms with Crippen LogP contribution < -0.4 is 9.47 Å². The number of rotatable bonds is 13. The standard InChI is InChI=1S/C31H36N2O7S/c1-21-19-41-20-27(21)23-15-24(31(38)33-12-10-32(2)11-13-33)17-25(16-23)40-18-22-5-3-6-28(26(22)8-9-30(36)37)39-14-4-7-29(34)35/h3,5-6,15-17,19-20H,4,7-14,18H2,1-2H3,(H,34,35)(H,36,37). The molecule has 0 spiro atoms. The van der Waals surface area contributed by atoms with E-state index in [1.165, 1.54) is 0 Å². The Balaban J connectivity index is 1.59. The van der Waals surface area contributed by atoms with Crippen molar-refractivity contribution >= 4 is 29.2 Å². The quantitative estimate of drug-likeness (QED) is 0.273. The topological polar surface area (TPSA) is 117 Å². The first-order chi connectivity index (χ1) is 19.7. The summed E-state index contributed by atoms with van der Waals surface area (Å²) in [7, 11) is 2.05. The van der Waals surface area contributed by atoms with Gasteiger partial charge in [0, 0.05) is 50.1 Å². The maximum Gasteiger partial charge on any atom is 0.303 e. The lowest BCUT2D eigenvalue weighted by Gasteiger charge is -2.32. The average molecular weight is 581 g/mol. The van der Waals surface area contributed by atoms with Crippen molar-refractivity contribution in [3.8, 4) is 22.6 Å². The first-order valence-corrected chi connectivity index (χ1v) is 14.6. The summed E-state index contributed by atoms with van der Waals surface area (Å²) >= 11 is 1.60. The van der Waals surface area contributed by atoms with E-state index in [2.05, 4.69) is 22.7 Å². The zero-order chi connectivity index (χ0) is 29.4. The maximum absolute atomic E-state index is 13.5. The van der Waals surface area contributed by atoms with E-state index in [-0.39, 0.29) is 38.4 Å². The van der Waals surface area contributed by atoms with Crippen molar-refractivity contribution in [1.82, 2.24) is 9.80 Å². The Kier molecular flexibility index (Phi) is 10.4. The van der Waals surface area contributed by atoms with Crippen molar-refractivity contribution in [2.24, 2.45) is 0 Å². The zero-order valence-corrected chi connectivity index (χ0v) is 24.2. The molecule has 10 heteroatoms. The number of thiophene rings is 1. The molecule has 0 bridgehead atoms. The van der Waals surface area contributed by atoms with Gasteiger partial charge in [-0.3, -0.25) is 14.4 Å². The van der Waals surface area contributed by atoms with E-state index in [4.69, 9.17) is 14.6 Å². The molecule has 1 aliphatic rings. The zero-order valence-electron chi connectivity index (χ0n) is 23.4. The summed E-state index contributed by atoms with van der Waals surface area (Å²) in [6.07, 6.45) is 0.485. The van der Waals surface area contributed by atoms with E-state index in [0.29, 0.717) is 42.1 Å². The van der Waals surface area contributed by atoms with Crippen molar-refractivity contribution in [3.05, 3.63) is 69.4 Å². The number of carbonyl (C=O) groups is 3. The van der Waals surface area contributed by atoms with Crippen molar-refractivity contribution in [2.45, 2.75) is 39.2 Å². The van der Waals surface area contributed by atoms with Crippen LogP contribution in [0.15, 0.2) is 47.2 Å². The highest BCUT2D eigenvalue weighted by molar-refractivity contribution is 7.08. The number of aryl methyl sites for hydroxylation is 1. The minimum Gasteiger partial charge on any atom is -0.493 e. The average Bonchev–Trinajstić information content (AvgIpc) is 3.39. The van der Waals surface area contributed by atoms with Gasteiger partial charge in [0.05, 0.1) is 6.61 Å². The van der Waals surface area contributed by atoms with Crippen LogP contribution in [0.2, 0.25) is 0 Å². The number of carboxylic acid groups (broad SMARTS) is 2. The Labute approximate surface area is 243 Å². The summed E-state index contributed by atoms with van der Waals surface area (Å²) in [6, 6.07) is 11.1. The van der Waals surface area contributed by atoms with Gasteiger partial charge in [-0.15, -0.1) is 0 Å². The summed E-state index contributed by atoms with van der Waals surface area (Å²) in [5.41, 5.74) is 5.12. The highest BCUT2D eigenvalue weighted by atomic mass is 32.1. The van der Waals surface area contributed by atoms with E-state index in [1.54, 1.807) is 23.5 Å². The van der Waals surface area contributed by atoms with Gasteiger partial charge in [0.25, 0.3) is 5.91 Å². The molecule has 1 aromatic heterocycles. The van der Waals surface area contributed by atoms with Crippen molar-refractivity contribution in [2.75, 3.05) is 39.8 Å². The van der Waals surface area contributed by atoms with Gasteiger partial charge in [-0.1, -0.05) is 12.1 Å². The predicted octanol–water partition coefficient (Wildman–Crippen LogP) is 4.95. The summed E-state index contributed by atoms with van der Waals surface area (Å²) < 4.78 is 12.1. The Hall–Kier alpha value is -3.89. The Morgan fingerprint density at radius 3 is 2.39 bits per heavy atom. The van der Waals surface area contributed by atoms with Crippen LogP contribution in [0.3, 0.4) is 0 Å². The summed E-state index contributed by atoms with van der Waals surface area (Å²) in [4.78, 5) is 39.8. The van der Waals surface area contributed by atoms with Gasteiger partial charge < -0.3 is 29.5 Å². The van der Waals surface area contributed by atoms with Gasteiger partial charge >= 0.3 is 11.9 Å². The molecule has 1 saturated heterocycles. The van der Waals surface area contributed by atoms with Crippen LogP contribution in [0, 0.1) is 6.92 Å². The fraction of sp³-hybridized carbons (Fsp3) is 0.387. The highest BCUT2D eigenvalue weighted by Gasteiger charge is 2.22. The molecule has 0 radical (unpaired) electrons. The third kappa shape index (κ3) is 8.31. The normalized spacial score (nSPS) is 13.7. The fourth-order valence-corrected chi connectivity index (χ4v) is 5.63. The second kappa shape index (κ2) is 14.1. The van der Waals surface area contributed by atoms with Gasteiger partial charge in [-0.2, -0.15) is 11.3 Å². The van der Waals surface area contributed by atoms with Crippen LogP contribution in [0.1, 0.15) is 46.3 Å². The fourth-order valence-electron chi connectivity index (χ4n) is 4.77. The number of carboxylic acids is 2. The monoisotopic (exact) mass is 580 g/mol. The number of likely N-dealkylation sites (N-methyl/N-ethyl adjacent to an activating group) is 1. The van der Waals surface area contributed by atoms with Crippen molar-refractivity contribution < 1.29 is 34.1 Å². The second-order valence-electron chi connectivity index (χ2n) is 10.2. The maximum atomic E-state index is 13.5. The molecule has 41 heavy (non-hydrogen) atoms. The molecular weight excluding hydrogens is 544 g/mol. The molecule has 2 heterocycles. The molecule has 1 amide bonds. The Morgan fingerprint density at radius 2 is 1.71 bits per heavy atom.